The van der Waals surface area contributed by atoms with Crippen LogP contribution in [-0.4, -0.2) is 23.3 Å². The first-order valence-corrected chi connectivity index (χ1v) is 6.20. The molecule has 4 atom stereocenters. The topological polar surface area (TPSA) is 32.3 Å². The van der Waals surface area contributed by atoms with E-state index in [4.69, 9.17) is 0 Å². The lowest BCUT2D eigenvalue weighted by molar-refractivity contribution is 0.0638. The predicted molar refractivity (Wildman–Crippen MR) is 64.3 cm³/mol. The Labute approximate surface area is 96.7 Å². The van der Waals surface area contributed by atoms with Crippen LogP contribution in [0, 0.1) is 5.92 Å². The van der Waals surface area contributed by atoms with Gasteiger partial charge in [-0.3, -0.25) is 0 Å². The molecular formula is C14H19NO. The first-order chi connectivity index (χ1) is 7.72. The second kappa shape index (κ2) is 3.57. The molecule has 16 heavy (non-hydrogen) atoms. The Morgan fingerprint density at radius 1 is 1.38 bits per heavy atom. The van der Waals surface area contributed by atoms with E-state index in [0.717, 1.165) is 19.4 Å². The van der Waals surface area contributed by atoms with Gasteiger partial charge < -0.3 is 10.4 Å². The summed E-state index contributed by atoms with van der Waals surface area (Å²) in [6, 6.07) is 10.5. The Balaban J connectivity index is 1.92. The summed E-state index contributed by atoms with van der Waals surface area (Å²) in [6.07, 6.45) is 1.93. The van der Waals surface area contributed by atoms with E-state index in [0.29, 0.717) is 11.8 Å². The zero-order valence-corrected chi connectivity index (χ0v) is 9.69. The van der Waals surface area contributed by atoms with Crippen LogP contribution in [-0.2, 0) is 0 Å². The molecule has 3 rings (SSSR count). The van der Waals surface area contributed by atoms with Gasteiger partial charge in [0.15, 0.2) is 0 Å². The second-order valence-electron chi connectivity index (χ2n) is 5.38. The molecule has 86 valence electrons. The fourth-order valence-electron chi connectivity index (χ4n) is 3.56. The molecule has 2 nitrogen and oxygen atoms in total. The van der Waals surface area contributed by atoms with E-state index in [1.807, 2.05) is 6.07 Å². The number of aliphatic hydroxyl groups is 1. The highest BCUT2D eigenvalue weighted by atomic mass is 16.3. The van der Waals surface area contributed by atoms with Gasteiger partial charge >= 0.3 is 0 Å². The van der Waals surface area contributed by atoms with E-state index >= 15 is 0 Å². The highest BCUT2D eigenvalue weighted by molar-refractivity contribution is 5.27. The molecule has 1 saturated carbocycles. The molecule has 2 fully saturated rings. The van der Waals surface area contributed by atoms with Gasteiger partial charge in [0, 0.05) is 5.92 Å². The summed E-state index contributed by atoms with van der Waals surface area (Å²) in [6.45, 7) is 3.31. The van der Waals surface area contributed by atoms with E-state index in [1.165, 1.54) is 5.56 Å². The SMILES string of the molecule is CC(c1ccccc1)C12CC(CN1)CC2O. The number of hydrogen-bond donors (Lipinski definition) is 2. The van der Waals surface area contributed by atoms with Crippen LogP contribution in [0.15, 0.2) is 30.3 Å². The average Bonchev–Trinajstić information content (AvgIpc) is 2.87. The molecule has 2 heteroatoms. The third kappa shape index (κ3) is 1.33. The predicted octanol–water partition coefficient (Wildman–Crippen LogP) is 1.90. The standard InChI is InChI=1S/C14H19NO/c1-10(12-5-3-2-4-6-12)14-8-11(9-15-14)7-13(14)16/h2-6,10-11,13,15-16H,7-9H2,1H3. The minimum Gasteiger partial charge on any atom is -0.391 e. The van der Waals surface area contributed by atoms with Crippen LogP contribution < -0.4 is 5.32 Å². The second-order valence-corrected chi connectivity index (χ2v) is 5.38. The monoisotopic (exact) mass is 217 g/mol. The number of rotatable bonds is 2. The van der Waals surface area contributed by atoms with E-state index in [1.54, 1.807) is 0 Å². The van der Waals surface area contributed by atoms with Crippen LogP contribution in [0.1, 0.15) is 31.2 Å². The summed E-state index contributed by atoms with van der Waals surface area (Å²) in [7, 11) is 0. The summed E-state index contributed by atoms with van der Waals surface area (Å²) >= 11 is 0. The van der Waals surface area contributed by atoms with Gasteiger partial charge in [0.2, 0.25) is 0 Å². The van der Waals surface area contributed by atoms with E-state index in [9.17, 15) is 5.11 Å². The number of nitrogens with one attached hydrogen (secondary N) is 1. The Morgan fingerprint density at radius 3 is 2.69 bits per heavy atom. The number of benzene rings is 1. The summed E-state index contributed by atoms with van der Waals surface area (Å²) in [5.41, 5.74) is 1.27. The van der Waals surface area contributed by atoms with Crippen LogP contribution in [0.3, 0.4) is 0 Å². The van der Waals surface area contributed by atoms with Crippen molar-refractivity contribution in [3.05, 3.63) is 35.9 Å². The van der Waals surface area contributed by atoms with Crippen molar-refractivity contribution in [1.82, 2.24) is 5.32 Å². The van der Waals surface area contributed by atoms with Crippen molar-refractivity contribution < 1.29 is 5.11 Å². The van der Waals surface area contributed by atoms with Crippen LogP contribution in [0.5, 0.6) is 0 Å². The highest BCUT2D eigenvalue weighted by Gasteiger charge is 2.54. The number of aliphatic hydroxyl groups excluding tert-OH is 1. The maximum Gasteiger partial charge on any atom is 0.0730 e. The van der Waals surface area contributed by atoms with Crippen LogP contribution in [0.25, 0.3) is 0 Å². The van der Waals surface area contributed by atoms with Crippen molar-refractivity contribution in [3.8, 4) is 0 Å². The number of fused-ring (bicyclic) bond motifs is 2. The van der Waals surface area contributed by atoms with Crippen molar-refractivity contribution in [1.29, 1.82) is 0 Å². The van der Waals surface area contributed by atoms with E-state index in [2.05, 4.69) is 36.5 Å². The third-order valence-corrected chi connectivity index (χ3v) is 4.57. The normalized spacial score (nSPS) is 38.9. The summed E-state index contributed by atoms with van der Waals surface area (Å²) < 4.78 is 0. The Hall–Kier alpha value is -0.860. The lowest BCUT2D eigenvalue weighted by atomic mass is 9.78. The molecule has 0 aromatic heterocycles. The van der Waals surface area contributed by atoms with Crippen LogP contribution in [0.4, 0.5) is 0 Å². The molecule has 0 amide bonds. The van der Waals surface area contributed by atoms with Gasteiger partial charge in [0.25, 0.3) is 0 Å². The van der Waals surface area contributed by atoms with E-state index in [-0.39, 0.29) is 11.6 Å². The molecule has 0 spiro atoms. The minimum atomic E-state index is -0.179. The van der Waals surface area contributed by atoms with Crippen molar-refractivity contribution in [2.45, 2.75) is 37.3 Å². The third-order valence-electron chi connectivity index (χ3n) is 4.57. The minimum absolute atomic E-state index is 0.0635. The van der Waals surface area contributed by atoms with Crippen LogP contribution >= 0.6 is 0 Å². The van der Waals surface area contributed by atoms with Gasteiger partial charge in [-0.2, -0.15) is 0 Å². The van der Waals surface area contributed by atoms with Gasteiger partial charge in [0.1, 0.15) is 0 Å². The van der Waals surface area contributed by atoms with Gasteiger partial charge in [-0.1, -0.05) is 37.3 Å². The van der Waals surface area contributed by atoms with Crippen molar-refractivity contribution in [3.63, 3.8) is 0 Å². The zero-order valence-electron chi connectivity index (χ0n) is 9.69. The molecule has 2 N–H and O–H groups in total. The molecular weight excluding hydrogens is 198 g/mol. The van der Waals surface area contributed by atoms with Crippen molar-refractivity contribution >= 4 is 0 Å². The quantitative estimate of drug-likeness (QED) is 0.793. The van der Waals surface area contributed by atoms with Gasteiger partial charge in [-0.15, -0.1) is 0 Å². The summed E-state index contributed by atoms with van der Waals surface area (Å²) in [4.78, 5) is 0. The molecule has 1 aromatic rings. The first-order valence-electron chi connectivity index (χ1n) is 6.20. The Kier molecular flexibility index (Phi) is 2.30. The van der Waals surface area contributed by atoms with E-state index < -0.39 is 0 Å². The zero-order chi connectivity index (χ0) is 11.2. The highest BCUT2D eigenvalue weighted by Crippen LogP contribution is 2.47. The molecule has 1 aromatic carbocycles. The average molecular weight is 217 g/mol. The molecule has 2 bridgehead atoms. The maximum absolute atomic E-state index is 10.2. The fraction of sp³-hybridized carbons (Fsp3) is 0.571. The lowest BCUT2D eigenvalue weighted by Gasteiger charge is -2.38. The molecule has 1 saturated heterocycles. The summed E-state index contributed by atoms with van der Waals surface area (Å²) in [5, 5.41) is 13.8. The maximum atomic E-state index is 10.2. The molecule has 1 aliphatic carbocycles. The first kappa shape index (κ1) is 10.3. The van der Waals surface area contributed by atoms with Crippen molar-refractivity contribution in [2.24, 2.45) is 5.92 Å². The number of hydrogen-bond acceptors (Lipinski definition) is 2. The van der Waals surface area contributed by atoms with Gasteiger partial charge in [0.05, 0.1) is 11.6 Å². The van der Waals surface area contributed by atoms with Gasteiger partial charge in [-0.25, -0.2) is 0 Å². The largest absolute Gasteiger partial charge is 0.391 e. The molecule has 1 heterocycles. The Morgan fingerprint density at radius 2 is 2.12 bits per heavy atom. The lowest BCUT2D eigenvalue weighted by Crippen LogP contribution is -2.53. The Bertz CT molecular complexity index is 378. The molecule has 0 radical (unpaired) electrons. The molecule has 2 aliphatic rings. The number of piperidine rings is 1. The van der Waals surface area contributed by atoms with Gasteiger partial charge in [-0.05, 0) is 30.9 Å². The van der Waals surface area contributed by atoms with Crippen LogP contribution in [0.2, 0.25) is 0 Å². The molecule has 1 aliphatic heterocycles. The fourth-order valence-corrected chi connectivity index (χ4v) is 3.56. The molecule has 4 unspecified atom stereocenters. The smallest absolute Gasteiger partial charge is 0.0730 e. The summed E-state index contributed by atoms with van der Waals surface area (Å²) in [5.74, 6) is 1.07. The van der Waals surface area contributed by atoms with Crippen molar-refractivity contribution in [2.75, 3.05) is 6.54 Å².